The van der Waals surface area contributed by atoms with E-state index >= 15 is 0 Å². The lowest BCUT2D eigenvalue weighted by molar-refractivity contribution is -0.798. The minimum Gasteiger partial charge on any atom is -0.481 e. The van der Waals surface area contributed by atoms with Crippen LogP contribution in [0.15, 0.2) is 24.5 Å². The Labute approximate surface area is 480 Å². The summed E-state index contributed by atoms with van der Waals surface area (Å²) in [6.07, 6.45) is -1.38. The lowest BCUT2D eigenvalue weighted by atomic mass is 10.0. The molecule has 0 bridgehead atoms. The molecule has 0 spiro atoms. The van der Waals surface area contributed by atoms with E-state index in [4.69, 9.17) is 9.84 Å². The van der Waals surface area contributed by atoms with E-state index in [1.54, 1.807) is 37.0 Å². The minimum absolute atomic E-state index is 0.0431. The number of ether oxygens (including phenoxy) is 1. The third-order valence-corrected chi connectivity index (χ3v) is 19.3. The molecule has 1 aromatic rings. The van der Waals surface area contributed by atoms with Gasteiger partial charge in [-0.05, 0) is 79.1 Å². The van der Waals surface area contributed by atoms with Crippen LogP contribution in [0.1, 0.15) is 62.7 Å². The van der Waals surface area contributed by atoms with Crippen molar-refractivity contribution in [3.05, 3.63) is 111 Å². The van der Waals surface area contributed by atoms with Crippen molar-refractivity contribution >= 4 is 80.6 Å². The molecule has 5 aliphatic rings. The number of rotatable bonds is 27. The number of aliphatic hydroxyl groups excluding tert-OH is 1. The largest absolute Gasteiger partial charge is 0.481 e. The average Bonchev–Trinajstić information content (AvgIpc) is 4.25. The van der Waals surface area contributed by atoms with Crippen LogP contribution in [0.4, 0.5) is 0 Å². The summed E-state index contributed by atoms with van der Waals surface area (Å²) in [5.41, 5.74) is 0.311. The zero-order chi connectivity index (χ0) is 60.6. The first-order valence-corrected chi connectivity index (χ1v) is 30.2. The lowest BCUT2D eigenvalue weighted by Gasteiger charge is -2.28. The maximum atomic E-state index is 11.8. The zero-order valence-electron chi connectivity index (χ0n) is 42.3. The van der Waals surface area contributed by atoms with Crippen molar-refractivity contribution in [2.45, 2.75) is 117 Å². The summed E-state index contributed by atoms with van der Waals surface area (Å²) in [6, 6.07) is 3.19. The highest BCUT2D eigenvalue weighted by Crippen LogP contribution is 2.36. The van der Waals surface area contributed by atoms with Crippen molar-refractivity contribution in [2.24, 2.45) is 11.8 Å². The fraction of sp³-hybridized carbons (Fsp3) is 0.811. The van der Waals surface area contributed by atoms with Crippen LogP contribution >= 0.6 is 68.6 Å². The van der Waals surface area contributed by atoms with Crippen molar-refractivity contribution < 1.29 is 104 Å². The second-order valence-electron chi connectivity index (χ2n) is 16.7. The number of carbonyl (C=O) groups is 2. The second-order valence-corrected chi connectivity index (χ2v) is 24.3. The second kappa shape index (κ2) is 38.5. The number of hydrogen-bond donors (Lipinski definition) is 2. The normalized spacial score (nSPS) is 24.7. The van der Waals surface area contributed by atoms with Gasteiger partial charge in [-0.1, -0.05) is 35.4 Å². The molecular formula is C37H55N9O29S6. The molecule has 6 heterocycles. The van der Waals surface area contributed by atoms with Crippen LogP contribution in [0.3, 0.4) is 0 Å². The Morgan fingerprint density at radius 3 is 1.64 bits per heavy atom. The van der Waals surface area contributed by atoms with Gasteiger partial charge in [0.05, 0.1) is 16.9 Å². The van der Waals surface area contributed by atoms with Crippen molar-refractivity contribution in [2.75, 3.05) is 53.5 Å². The number of nitrogens with zero attached hydrogens (tertiary/aromatic N) is 9. The number of aliphatic carboxylic acids is 1. The van der Waals surface area contributed by atoms with Gasteiger partial charge in [-0.3, -0.25) is 9.78 Å². The summed E-state index contributed by atoms with van der Waals surface area (Å²) in [7, 11) is 2.95. The Hall–Kier alpha value is -6.25. The molecule has 2 N–H and O–H groups in total. The van der Waals surface area contributed by atoms with E-state index in [0.717, 1.165) is 42.3 Å². The first-order valence-electron chi connectivity index (χ1n) is 23.4. The summed E-state index contributed by atoms with van der Waals surface area (Å²) in [5.74, 6) is 3.40. The van der Waals surface area contributed by atoms with Crippen LogP contribution in [0.25, 0.3) is 0 Å². The Morgan fingerprint density at radius 1 is 0.642 bits per heavy atom. The van der Waals surface area contributed by atoms with Crippen LogP contribution in [-0.4, -0.2) is 186 Å². The zero-order valence-corrected chi connectivity index (χ0v) is 47.2. The summed E-state index contributed by atoms with van der Waals surface area (Å²) in [4.78, 5) is 143. The molecule has 13 unspecified atom stereocenters. The molecule has 0 saturated carbocycles. The molecule has 1 aromatic heterocycles. The molecule has 0 amide bonds. The molecule has 44 heteroatoms. The summed E-state index contributed by atoms with van der Waals surface area (Å²) in [6.45, 7) is 2.78. The van der Waals surface area contributed by atoms with Crippen molar-refractivity contribution in [3.63, 3.8) is 0 Å². The Kier molecular flexibility index (Phi) is 33.6. The fourth-order valence-electron chi connectivity index (χ4n) is 7.22. The number of aliphatic hydroxyl groups is 1. The molecule has 5 saturated heterocycles. The van der Waals surface area contributed by atoms with Crippen molar-refractivity contribution in [1.29, 1.82) is 0 Å². The number of thioether (sulfide) groups is 4. The van der Waals surface area contributed by atoms with Gasteiger partial charge >= 0.3 is 11.9 Å². The quantitative estimate of drug-likeness (QED) is 0.0544. The van der Waals surface area contributed by atoms with Gasteiger partial charge in [-0.2, -0.15) is 47.0 Å². The molecular weight excluding hydrogens is 1230 g/mol. The van der Waals surface area contributed by atoms with Gasteiger partial charge in [-0.15, -0.1) is 80.9 Å². The summed E-state index contributed by atoms with van der Waals surface area (Å²) >= 11 is 5.90. The number of carboxylic acid groups (broad SMARTS) is 1. The number of esters is 1. The highest BCUT2D eigenvalue weighted by atomic mass is 33.1. The summed E-state index contributed by atoms with van der Waals surface area (Å²) in [5, 5.41) is 91.4. The number of hydrogen-bond acceptors (Lipinski definition) is 35. The standard InChI is InChI=1S/C10H10N2O5S2.C9H14N2O8S.C7H12N2O7S.C6H10N2O6S.C5H9NO3S/c13-10(7-2-1-3-11-4-7)16-8-5-18-19-6-9(8)17-12(14)15;12-8(13)4-3-6(18-10(14)15)9(19-11(16)17)7-2-1-5-20-7;1-4-3-17-7(6(4)10)5(16-9(13)14)2-15-8(11)12;9-7(10)13-4-5(14-8(11)12)6-2-1-3-15-6;1-4-2-10-3-5(4)9-6(7)8/h1-4,8-9H,5-6H2;6-7,9H,1-5H2,(H,12,13);4-7,10H,2-3H2,1H3;5-6H,1-4H2;4-5H,2-3H2,1H3. The molecule has 458 valence electrons. The van der Waals surface area contributed by atoms with Crippen molar-refractivity contribution in [3.8, 4) is 0 Å². The third-order valence-electron chi connectivity index (χ3n) is 11.0. The van der Waals surface area contributed by atoms with Gasteiger partial charge in [0.25, 0.3) is 40.7 Å². The fourth-order valence-corrected chi connectivity index (χ4v) is 15.2. The lowest BCUT2D eigenvalue weighted by Crippen LogP contribution is -2.41. The van der Waals surface area contributed by atoms with Crippen LogP contribution < -0.4 is 0 Å². The Morgan fingerprint density at radius 2 is 1.19 bits per heavy atom. The molecule has 13 atom stereocenters. The predicted octanol–water partition coefficient (Wildman–Crippen LogP) is 3.98. The van der Waals surface area contributed by atoms with Crippen LogP contribution in [-0.2, 0) is 48.2 Å². The Bertz CT molecular complexity index is 2180. The molecule has 0 aliphatic carbocycles. The molecule has 0 radical (unpaired) electrons. The monoisotopic (exact) mass is 1280 g/mol. The van der Waals surface area contributed by atoms with Gasteiger partial charge in [0.2, 0.25) is 0 Å². The van der Waals surface area contributed by atoms with Crippen LogP contribution in [0, 0.1) is 92.8 Å². The van der Waals surface area contributed by atoms with Crippen molar-refractivity contribution in [1.82, 2.24) is 4.98 Å². The highest BCUT2D eigenvalue weighted by molar-refractivity contribution is 8.76. The minimum atomic E-state index is -1.28. The number of carboxylic acids is 1. The molecule has 0 aromatic carbocycles. The maximum Gasteiger partial charge on any atom is 0.340 e. The SMILES string of the molecule is CC1CSC(C(CO[N+](=O)[O-])O[N+](=O)[O-])C1O.CC1CSCC1O[N+](=O)[O-].O=C(O)CCC(O[N+](=O)[O-])C(O[N+](=O)[O-])C1CCCS1.O=C(OC1CSSCC1O[N+](=O)[O-])c1cccnc1.O=[N+]([O-])OCC(O[N+](=O)[O-])C1CCCS1. The third kappa shape index (κ3) is 29.9. The van der Waals surface area contributed by atoms with E-state index < -0.39 is 120 Å². The first kappa shape index (κ1) is 70.9. The van der Waals surface area contributed by atoms with E-state index in [-0.39, 0.29) is 28.9 Å². The van der Waals surface area contributed by atoms with Crippen LogP contribution in [0.5, 0.6) is 0 Å². The number of carbonyl (C=O) groups excluding carboxylic acids is 1. The highest BCUT2D eigenvalue weighted by Gasteiger charge is 2.41. The van der Waals surface area contributed by atoms with Gasteiger partial charge in [0, 0.05) is 46.6 Å². The molecule has 5 aliphatic heterocycles. The van der Waals surface area contributed by atoms with Gasteiger partial charge in [0.15, 0.2) is 6.10 Å². The summed E-state index contributed by atoms with van der Waals surface area (Å²) < 4.78 is 5.25. The molecule has 38 nitrogen and oxygen atoms in total. The van der Waals surface area contributed by atoms with E-state index in [1.165, 1.54) is 63.1 Å². The van der Waals surface area contributed by atoms with E-state index in [9.17, 15) is 95.6 Å². The van der Waals surface area contributed by atoms with Gasteiger partial charge in [0.1, 0.15) is 49.8 Å². The molecule has 5 fully saturated rings. The molecule has 6 rings (SSSR count). The predicted molar refractivity (Wildman–Crippen MR) is 281 cm³/mol. The molecule has 81 heavy (non-hydrogen) atoms. The van der Waals surface area contributed by atoms with Gasteiger partial charge < -0.3 is 53.7 Å². The number of aromatic nitrogens is 1. The average molecular weight is 1280 g/mol. The maximum absolute atomic E-state index is 11.8. The van der Waals surface area contributed by atoms with E-state index in [0.29, 0.717) is 35.2 Å². The smallest absolute Gasteiger partial charge is 0.340 e. The van der Waals surface area contributed by atoms with Crippen LogP contribution in [0.2, 0.25) is 0 Å². The van der Waals surface area contributed by atoms with E-state index in [2.05, 4.69) is 43.7 Å². The van der Waals surface area contributed by atoms with E-state index in [1.807, 2.05) is 6.92 Å². The van der Waals surface area contributed by atoms with Gasteiger partial charge in [-0.25, -0.2) is 4.79 Å². The topological polar surface area (TPSA) is 516 Å². The number of pyridine rings is 1. The Balaban J connectivity index is 0.000000351. The first-order chi connectivity index (χ1) is 38.3.